The number of hydrogen-bond donors (Lipinski definition) is 0. The maximum atomic E-state index is 12.7. The second-order valence-electron chi connectivity index (χ2n) is 6.07. The van der Waals surface area contributed by atoms with Gasteiger partial charge in [0.1, 0.15) is 0 Å². The van der Waals surface area contributed by atoms with E-state index in [1.165, 1.54) is 0 Å². The van der Waals surface area contributed by atoms with E-state index in [0.29, 0.717) is 12.5 Å². The van der Waals surface area contributed by atoms with Crippen molar-refractivity contribution in [2.24, 2.45) is 5.92 Å². The summed E-state index contributed by atoms with van der Waals surface area (Å²) in [5.74, 6) is 0.764. The highest BCUT2D eigenvalue weighted by Crippen LogP contribution is 2.29. The second-order valence-corrected chi connectivity index (χ2v) is 8.11. The third-order valence-corrected chi connectivity index (χ3v) is 6.73. The average Bonchev–Trinajstić information content (AvgIpc) is 2.96. The first kappa shape index (κ1) is 15.1. The molecule has 0 bridgehead atoms. The minimum atomic E-state index is -3.17. The zero-order valence-corrected chi connectivity index (χ0v) is 13.4. The van der Waals surface area contributed by atoms with Gasteiger partial charge in [-0.15, -0.1) is 0 Å². The molecule has 0 N–H and O–H groups in total. The maximum absolute atomic E-state index is 12.7. The Morgan fingerprint density at radius 3 is 2.81 bits per heavy atom. The molecule has 0 aliphatic carbocycles. The summed E-state index contributed by atoms with van der Waals surface area (Å²) in [5.41, 5.74) is 1.09. The molecule has 3 rings (SSSR count). The summed E-state index contributed by atoms with van der Waals surface area (Å²) in [5, 5.41) is 0. The van der Waals surface area contributed by atoms with Gasteiger partial charge in [0.25, 0.3) is 0 Å². The van der Waals surface area contributed by atoms with Gasteiger partial charge >= 0.3 is 0 Å². The Morgan fingerprint density at radius 2 is 2.05 bits per heavy atom. The summed E-state index contributed by atoms with van der Waals surface area (Å²) in [6.45, 7) is 4.87. The Kier molecular flexibility index (Phi) is 4.38. The fraction of sp³-hybridized carbons (Fsp3) is 0.733. The minimum Gasteiger partial charge on any atom is -0.381 e. The molecule has 118 valence electrons. The Hall–Kier alpha value is -0.850. The van der Waals surface area contributed by atoms with Crippen molar-refractivity contribution in [3.8, 4) is 0 Å². The SMILES string of the molecule is CC1c2cccn2CCN1S(=O)(=O)CCC1CCOCC1. The van der Waals surface area contributed by atoms with Crippen LogP contribution in [-0.4, -0.2) is 42.8 Å². The molecule has 1 aromatic rings. The predicted octanol–water partition coefficient (Wildman–Crippen LogP) is 2.01. The van der Waals surface area contributed by atoms with Crippen molar-refractivity contribution in [3.63, 3.8) is 0 Å². The molecule has 0 radical (unpaired) electrons. The average molecular weight is 312 g/mol. The van der Waals surface area contributed by atoms with Gasteiger partial charge in [0, 0.05) is 38.2 Å². The summed E-state index contributed by atoms with van der Waals surface area (Å²) in [6.07, 6.45) is 4.77. The van der Waals surface area contributed by atoms with Crippen molar-refractivity contribution in [3.05, 3.63) is 24.0 Å². The van der Waals surface area contributed by atoms with Crippen LogP contribution in [0.3, 0.4) is 0 Å². The highest BCUT2D eigenvalue weighted by atomic mass is 32.2. The molecular weight excluding hydrogens is 288 g/mol. The van der Waals surface area contributed by atoms with E-state index in [2.05, 4.69) is 4.57 Å². The van der Waals surface area contributed by atoms with E-state index >= 15 is 0 Å². The lowest BCUT2D eigenvalue weighted by atomic mass is 9.98. The lowest BCUT2D eigenvalue weighted by Crippen LogP contribution is -2.42. The Balaban J connectivity index is 1.65. The van der Waals surface area contributed by atoms with E-state index in [1.54, 1.807) is 4.31 Å². The summed E-state index contributed by atoms with van der Waals surface area (Å²) in [6, 6.07) is 3.95. The normalized spacial score (nSPS) is 24.9. The first-order valence-electron chi connectivity index (χ1n) is 7.80. The van der Waals surface area contributed by atoms with Crippen LogP contribution < -0.4 is 0 Å². The zero-order chi connectivity index (χ0) is 14.9. The molecule has 1 unspecified atom stereocenters. The van der Waals surface area contributed by atoms with Gasteiger partial charge < -0.3 is 9.30 Å². The molecule has 1 fully saturated rings. The van der Waals surface area contributed by atoms with Crippen LogP contribution >= 0.6 is 0 Å². The van der Waals surface area contributed by atoms with Crippen molar-refractivity contribution in [1.82, 2.24) is 8.87 Å². The lowest BCUT2D eigenvalue weighted by Gasteiger charge is -2.34. The standard InChI is InChI=1S/C15H24N2O3S/c1-13-15-3-2-7-16(15)8-9-17(13)21(18,19)12-6-14-4-10-20-11-5-14/h2-3,7,13-14H,4-6,8-12H2,1H3. The number of hydrogen-bond acceptors (Lipinski definition) is 3. The van der Waals surface area contributed by atoms with Crippen LogP contribution in [0.2, 0.25) is 0 Å². The van der Waals surface area contributed by atoms with Crippen LogP contribution in [0, 0.1) is 5.92 Å². The van der Waals surface area contributed by atoms with Crippen LogP contribution in [0.1, 0.15) is 37.9 Å². The molecule has 21 heavy (non-hydrogen) atoms. The third kappa shape index (κ3) is 3.17. The van der Waals surface area contributed by atoms with Crippen molar-refractivity contribution in [1.29, 1.82) is 0 Å². The summed E-state index contributed by atoms with van der Waals surface area (Å²) in [4.78, 5) is 0. The van der Waals surface area contributed by atoms with E-state index in [-0.39, 0.29) is 11.8 Å². The molecular formula is C15H24N2O3S. The molecule has 0 amide bonds. The number of rotatable bonds is 4. The van der Waals surface area contributed by atoms with Gasteiger partial charge in [-0.3, -0.25) is 0 Å². The summed E-state index contributed by atoms with van der Waals surface area (Å²) >= 11 is 0. The van der Waals surface area contributed by atoms with E-state index in [4.69, 9.17) is 4.74 Å². The number of fused-ring (bicyclic) bond motifs is 1. The fourth-order valence-electron chi connectivity index (χ4n) is 3.41. The number of sulfonamides is 1. The van der Waals surface area contributed by atoms with Crippen LogP contribution in [0.25, 0.3) is 0 Å². The van der Waals surface area contributed by atoms with Gasteiger partial charge in [-0.1, -0.05) is 0 Å². The number of aromatic nitrogens is 1. The van der Waals surface area contributed by atoms with E-state index in [1.807, 2.05) is 25.3 Å². The third-order valence-electron chi connectivity index (χ3n) is 4.77. The summed E-state index contributed by atoms with van der Waals surface area (Å²) in [7, 11) is -3.17. The Bertz CT molecular complexity index is 575. The largest absolute Gasteiger partial charge is 0.381 e. The minimum absolute atomic E-state index is 0.0616. The molecule has 6 heteroatoms. The van der Waals surface area contributed by atoms with Gasteiger partial charge in [0.05, 0.1) is 11.8 Å². The molecule has 1 atom stereocenters. The number of ether oxygens (including phenoxy) is 1. The first-order chi connectivity index (χ1) is 10.1. The maximum Gasteiger partial charge on any atom is 0.214 e. The molecule has 0 spiro atoms. The van der Waals surface area contributed by atoms with Crippen LogP contribution in [0.15, 0.2) is 18.3 Å². The van der Waals surface area contributed by atoms with Gasteiger partial charge in [-0.05, 0) is 44.2 Å². The Labute approximate surface area is 126 Å². The topological polar surface area (TPSA) is 51.5 Å². The van der Waals surface area contributed by atoms with E-state index < -0.39 is 10.0 Å². The highest BCUT2D eigenvalue weighted by Gasteiger charge is 2.32. The molecule has 0 saturated carbocycles. The molecule has 2 aliphatic rings. The van der Waals surface area contributed by atoms with Crippen molar-refractivity contribution >= 4 is 10.0 Å². The predicted molar refractivity (Wildman–Crippen MR) is 81.5 cm³/mol. The Morgan fingerprint density at radius 1 is 1.29 bits per heavy atom. The van der Waals surface area contributed by atoms with Crippen LogP contribution in [0.4, 0.5) is 0 Å². The monoisotopic (exact) mass is 312 g/mol. The van der Waals surface area contributed by atoms with Gasteiger partial charge in [0.2, 0.25) is 10.0 Å². The van der Waals surface area contributed by atoms with Crippen molar-refractivity contribution in [2.45, 2.75) is 38.8 Å². The van der Waals surface area contributed by atoms with E-state index in [0.717, 1.165) is 44.7 Å². The van der Waals surface area contributed by atoms with Crippen molar-refractivity contribution < 1.29 is 13.2 Å². The molecule has 1 saturated heterocycles. The van der Waals surface area contributed by atoms with E-state index in [9.17, 15) is 8.42 Å². The first-order valence-corrected chi connectivity index (χ1v) is 9.41. The molecule has 0 aromatic carbocycles. The van der Waals surface area contributed by atoms with Gasteiger partial charge in [-0.2, -0.15) is 4.31 Å². The van der Waals surface area contributed by atoms with Crippen LogP contribution in [-0.2, 0) is 21.3 Å². The van der Waals surface area contributed by atoms with Crippen molar-refractivity contribution in [2.75, 3.05) is 25.5 Å². The van der Waals surface area contributed by atoms with Crippen LogP contribution in [0.5, 0.6) is 0 Å². The molecule has 2 aliphatic heterocycles. The quantitative estimate of drug-likeness (QED) is 0.854. The number of nitrogens with zero attached hydrogens (tertiary/aromatic N) is 2. The van der Waals surface area contributed by atoms with Gasteiger partial charge in [0.15, 0.2) is 0 Å². The molecule has 3 heterocycles. The highest BCUT2D eigenvalue weighted by molar-refractivity contribution is 7.89. The summed E-state index contributed by atoms with van der Waals surface area (Å²) < 4.78 is 34.5. The van der Waals surface area contributed by atoms with Gasteiger partial charge in [-0.25, -0.2) is 8.42 Å². The lowest BCUT2D eigenvalue weighted by molar-refractivity contribution is 0.0654. The molecule has 5 nitrogen and oxygen atoms in total. The fourth-order valence-corrected chi connectivity index (χ4v) is 5.22. The zero-order valence-electron chi connectivity index (χ0n) is 12.6. The molecule has 1 aromatic heterocycles. The smallest absolute Gasteiger partial charge is 0.214 e. The second kappa shape index (κ2) is 6.10.